The van der Waals surface area contributed by atoms with E-state index in [1.807, 2.05) is 0 Å². The zero-order valence-corrected chi connectivity index (χ0v) is 7.20. The third-order valence-electron chi connectivity index (χ3n) is 3.15. The molecule has 0 aromatic carbocycles. The molecule has 2 unspecified atom stereocenters. The molecule has 12 heavy (non-hydrogen) atoms. The van der Waals surface area contributed by atoms with Crippen LogP contribution in [0.15, 0.2) is 0 Å². The van der Waals surface area contributed by atoms with E-state index in [-0.39, 0.29) is 12.8 Å². The molecule has 1 N–H and O–H groups in total. The molecule has 1 aliphatic rings. The van der Waals surface area contributed by atoms with Crippen LogP contribution in [0.2, 0.25) is 0 Å². The smallest absolute Gasteiger partial charge is 0.389 e. The highest BCUT2D eigenvalue weighted by molar-refractivity contribution is 5.02. The predicted octanol–water partition coefficient (Wildman–Crippen LogP) is 2.49. The Bertz CT molecular complexity index is 185. The molecule has 0 aromatic heterocycles. The Morgan fingerprint density at radius 2 is 1.67 bits per heavy atom. The standard InChI is InChI=1S/C8H13F3O/c1-6(8(9,10)11)4-3-5-7(6,2)12/h12H,3-5H2,1-2H3. The summed E-state index contributed by atoms with van der Waals surface area (Å²) in [5.74, 6) is 0. The first-order valence-corrected chi connectivity index (χ1v) is 4.00. The zero-order valence-electron chi connectivity index (χ0n) is 7.20. The molecule has 1 fully saturated rings. The van der Waals surface area contributed by atoms with Gasteiger partial charge in [-0.15, -0.1) is 0 Å². The molecule has 0 bridgehead atoms. The molecule has 0 spiro atoms. The summed E-state index contributed by atoms with van der Waals surface area (Å²) in [6.45, 7) is 2.37. The highest BCUT2D eigenvalue weighted by Gasteiger charge is 2.63. The van der Waals surface area contributed by atoms with Gasteiger partial charge in [0.2, 0.25) is 0 Å². The van der Waals surface area contributed by atoms with Crippen molar-refractivity contribution in [2.45, 2.75) is 44.9 Å². The summed E-state index contributed by atoms with van der Waals surface area (Å²) in [4.78, 5) is 0. The van der Waals surface area contributed by atoms with E-state index in [2.05, 4.69) is 0 Å². The summed E-state index contributed by atoms with van der Waals surface area (Å²) in [6.07, 6.45) is -3.58. The van der Waals surface area contributed by atoms with Crippen molar-refractivity contribution in [3.05, 3.63) is 0 Å². The predicted molar refractivity (Wildman–Crippen MR) is 38.6 cm³/mol. The van der Waals surface area contributed by atoms with Gasteiger partial charge in [0.15, 0.2) is 0 Å². The van der Waals surface area contributed by atoms with Gasteiger partial charge in [-0.3, -0.25) is 0 Å². The molecule has 1 aliphatic carbocycles. The zero-order chi connectivity index (χ0) is 9.62. The van der Waals surface area contributed by atoms with E-state index >= 15 is 0 Å². The van der Waals surface area contributed by atoms with Crippen molar-refractivity contribution in [1.29, 1.82) is 0 Å². The number of hydrogen-bond donors (Lipinski definition) is 1. The molecule has 4 heteroatoms. The van der Waals surface area contributed by atoms with Gasteiger partial charge >= 0.3 is 6.18 Å². The van der Waals surface area contributed by atoms with Crippen LogP contribution in [0.25, 0.3) is 0 Å². The van der Waals surface area contributed by atoms with Gasteiger partial charge in [-0.1, -0.05) is 0 Å². The third kappa shape index (κ3) is 1.13. The summed E-state index contributed by atoms with van der Waals surface area (Å²) >= 11 is 0. The van der Waals surface area contributed by atoms with Gasteiger partial charge in [-0.2, -0.15) is 13.2 Å². The van der Waals surface area contributed by atoms with Crippen LogP contribution in [0.4, 0.5) is 13.2 Å². The van der Waals surface area contributed by atoms with E-state index < -0.39 is 17.2 Å². The van der Waals surface area contributed by atoms with E-state index in [9.17, 15) is 18.3 Å². The molecule has 0 amide bonds. The molecule has 0 heterocycles. The molecule has 0 radical (unpaired) electrons. The maximum atomic E-state index is 12.5. The van der Waals surface area contributed by atoms with E-state index in [1.54, 1.807) is 0 Å². The number of hydrogen-bond acceptors (Lipinski definition) is 1. The lowest BCUT2D eigenvalue weighted by atomic mass is 9.76. The van der Waals surface area contributed by atoms with Crippen molar-refractivity contribution < 1.29 is 18.3 Å². The van der Waals surface area contributed by atoms with Crippen molar-refractivity contribution in [2.24, 2.45) is 5.41 Å². The van der Waals surface area contributed by atoms with Crippen LogP contribution in [-0.4, -0.2) is 16.9 Å². The van der Waals surface area contributed by atoms with Crippen LogP contribution in [0, 0.1) is 5.41 Å². The second kappa shape index (κ2) is 2.37. The fourth-order valence-corrected chi connectivity index (χ4v) is 1.78. The van der Waals surface area contributed by atoms with Crippen molar-refractivity contribution in [3.8, 4) is 0 Å². The summed E-state index contributed by atoms with van der Waals surface area (Å²) < 4.78 is 37.4. The highest BCUT2D eigenvalue weighted by Crippen LogP contribution is 2.55. The topological polar surface area (TPSA) is 20.2 Å². The largest absolute Gasteiger partial charge is 0.396 e. The molecule has 1 rings (SSSR count). The van der Waals surface area contributed by atoms with Crippen LogP contribution in [-0.2, 0) is 0 Å². The van der Waals surface area contributed by atoms with Crippen LogP contribution in [0.1, 0.15) is 33.1 Å². The Morgan fingerprint density at radius 3 is 1.83 bits per heavy atom. The van der Waals surface area contributed by atoms with Gasteiger partial charge in [0.1, 0.15) is 0 Å². The normalized spacial score (nSPS) is 43.5. The first kappa shape index (κ1) is 9.84. The third-order valence-corrected chi connectivity index (χ3v) is 3.15. The average molecular weight is 182 g/mol. The van der Waals surface area contributed by atoms with Gasteiger partial charge in [0, 0.05) is 0 Å². The maximum Gasteiger partial charge on any atom is 0.396 e. The minimum atomic E-state index is -4.30. The number of rotatable bonds is 0. The molecule has 0 aliphatic heterocycles. The van der Waals surface area contributed by atoms with Gasteiger partial charge in [-0.05, 0) is 33.1 Å². The molecule has 2 atom stereocenters. The molecular weight excluding hydrogens is 169 g/mol. The van der Waals surface area contributed by atoms with E-state index in [1.165, 1.54) is 6.92 Å². The van der Waals surface area contributed by atoms with Crippen molar-refractivity contribution in [2.75, 3.05) is 0 Å². The minimum absolute atomic E-state index is 0.0312. The Balaban J connectivity index is 2.98. The van der Waals surface area contributed by atoms with Crippen molar-refractivity contribution in [3.63, 3.8) is 0 Å². The number of alkyl halides is 3. The maximum absolute atomic E-state index is 12.5. The van der Waals surface area contributed by atoms with E-state index in [0.717, 1.165) is 6.92 Å². The molecule has 0 aromatic rings. The summed E-state index contributed by atoms with van der Waals surface area (Å²) in [7, 11) is 0. The van der Waals surface area contributed by atoms with Crippen LogP contribution >= 0.6 is 0 Å². The Kier molecular flexibility index (Phi) is 1.95. The monoisotopic (exact) mass is 182 g/mol. The first-order chi connectivity index (χ1) is 5.21. The van der Waals surface area contributed by atoms with Gasteiger partial charge < -0.3 is 5.11 Å². The lowest BCUT2D eigenvalue weighted by Gasteiger charge is -2.38. The fraction of sp³-hybridized carbons (Fsp3) is 1.00. The molecule has 1 saturated carbocycles. The van der Waals surface area contributed by atoms with Crippen LogP contribution < -0.4 is 0 Å². The Morgan fingerprint density at radius 1 is 1.17 bits per heavy atom. The molecule has 0 saturated heterocycles. The second-order valence-corrected chi connectivity index (χ2v) is 3.96. The summed E-state index contributed by atoms with van der Waals surface area (Å²) in [6, 6.07) is 0. The lowest BCUT2D eigenvalue weighted by Crippen LogP contribution is -2.49. The number of aliphatic hydroxyl groups is 1. The molecule has 72 valence electrons. The van der Waals surface area contributed by atoms with Crippen LogP contribution in [0.3, 0.4) is 0 Å². The highest BCUT2D eigenvalue weighted by atomic mass is 19.4. The van der Waals surface area contributed by atoms with Gasteiger partial charge in [-0.25, -0.2) is 0 Å². The van der Waals surface area contributed by atoms with Crippen molar-refractivity contribution >= 4 is 0 Å². The second-order valence-electron chi connectivity index (χ2n) is 3.96. The van der Waals surface area contributed by atoms with Crippen molar-refractivity contribution in [1.82, 2.24) is 0 Å². The molecular formula is C8H13F3O. The minimum Gasteiger partial charge on any atom is -0.389 e. The van der Waals surface area contributed by atoms with Gasteiger partial charge in [0.25, 0.3) is 0 Å². The van der Waals surface area contributed by atoms with E-state index in [4.69, 9.17) is 0 Å². The summed E-state index contributed by atoms with van der Waals surface area (Å²) in [5, 5.41) is 9.53. The fourth-order valence-electron chi connectivity index (χ4n) is 1.78. The Hall–Kier alpha value is -0.250. The van der Waals surface area contributed by atoms with E-state index in [0.29, 0.717) is 6.42 Å². The average Bonchev–Trinajstić information content (AvgIpc) is 2.07. The lowest BCUT2D eigenvalue weighted by molar-refractivity contribution is -0.263. The molecule has 1 nitrogen and oxygen atoms in total. The van der Waals surface area contributed by atoms with Crippen LogP contribution in [0.5, 0.6) is 0 Å². The quantitative estimate of drug-likeness (QED) is 0.610. The first-order valence-electron chi connectivity index (χ1n) is 4.00. The Labute approximate surface area is 69.6 Å². The summed E-state index contributed by atoms with van der Waals surface area (Å²) in [5.41, 5.74) is -3.51. The number of halogens is 3. The van der Waals surface area contributed by atoms with Gasteiger partial charge in [0.05, 0.1) is 11.0 Å². The SMILES string of the molecule is CC1(O)CCCC1(C)C(F)(F)F.